The monoisotopic (exact) mass is 284 g/mol. The normalized spacial score (nSPS) is 15.5. The number of nitrogens with zero attached hydrogens (tertiary/aromatic N) is 1. The van der Waals surface area contributed by atoms with Crippen LogP contribution in [0.4, 0.5) is 0 Å². The lowest BCUT2D eigenvalue weighted by Crippen LogP contribution is -2.42. The molecule has 20 heavy (non-hydrogen) atoms. The number of amides is 2. The largest absolute Gasteiger partial charge is 0.480 e. The average molecular weight is 284 g/mol. The van der Waals surface area contributed by atoms with Gasteiger partial charge in [0.15, 0.2) is 0 Å². The van der Waals surface area contributed by atoms with E-state index in [1.165, 1.54) is 4.90 Å². The Bertz CT molecular complexity index is 366. The van der Waals surface area contributed by atoms with Crippen LogP contribution in [0, 0.1) is 5.92 Å². The molecule has 6 nitrogen and oxygen atoms in total. The maximum Gasteiger partial charge on any atom is 0.323 e. The minimum atomic E-state index is -0.999. The summed E-state index contributed by atoms with van der Waals surface area (Å²) in [5.74, 6) is -0.917. The standard InChI is InChI=1S/C14H24N2O4/c1-3-10(2)16(9-13(18)19)12(17)5-4-8-15-14(20)11-6-7-11/h10-11H,3-9H2,1-2H3,(H,15,20)(H,18,19). The van der Waals surface area contributed by atoms with Gasteiger partial charge in [-0.15, -0.1) is 0 Å². The van der Waals surface area contributed by atoms with Gasteiger partial charge in [0.25, 0.3) is 0 Å². The number of carbonyl (C=O) groups excluding carboxylic acids is 2. The van der Waals surface area contributed by atoms with Crippen molar-refractivity contribution in [3.63, 3.8) is 0 Å². The molecule has 1 atom stereocenters. The summed E-state index contributed by atoms with van der Waals surface area (Å²) in [4.78, 5) is 35.6. The minimum absolute atomic E-state index is 0.0711. The van der Waals surface area contributed by atoms with Gasteiger partial charge in [-0.05, 0) is 32.6 Å². The number of hydrogen-bond acceptors (Lipinski definition) is 3. The molecule has 1 rings (SSSR count). The van der Waals surface area contributed by atoms with Crippen LogP contribution in [-0.4, -0.2) is 46.9 Å². The molecule has 1 aliphatic carbocycles. The van der Waals surface area contributed by atoms with Gasteiger partial charge in [-0.3, -0.25) is 14.4 Å². The van der Waals surface area contributed by atoms with E-state index in [0.717, 1.165) is 19.3 Å². The highest BCUT2D eigenvalue weighted by Gasteiger charge is 2.29. The van der Waals surface area contributed by atoms with E-state index >= 15 is 0 Å². The van der Waals surface area contributed by atoms with Crippen LogP contribution in [0.25, 0.3) is 0 Å². The van der Waals surface area contributed by atoms with Crippen LogP contribution in [0.1, 0.15) is 46.0 Å². The smallest absolute Gasteiger partial charge is 0.323 e. The molecular weight excluding hydrogens is 260 g/mol. The number of carbonyl (C=O) groups is 3. The first-order chi connectivity index (χ1) is 9.45. The van der Waals surface area contributed by atoms with Crippen LogP contribution in [0.15, 0.2) is 0 Å². The van der Waals surface area contributed by atoms with Crippen LogP contribution in [-0.2, 0) is 14.4 Å². The van der Waals surface area contributed by atoms with Gasteiger partial charge in [-0.1, -0.05) is 6.92 Å². The molecule has 1 aliphatic rings. The highest BCUT2D eigenvalue weighted by Crippen LogP contribution is 2.28. The topological polar surface area (TPSA) is 86.7 Å². The van der Waals surface area contributed by atoms with Gasteiger partial charge < -0.3 is 15.3 Å². The van der Waals surface area contributed by atoms with Crippen molar-refractivity contribution in [1.29, 1.82) is 0 Å². The zero-order valence-electron chi connectivity index (χ0n) is 12.2. The van der Waals surface area contributed by atoms with Gasteiger partial charge in [0, 0.05) is 24.9 Å². The molecule has 1 saturated carbocycles. The first-order valence-corrected chi connectivity index (χ1v) is 7.24. The molecule has 0 heterocycles. The van der Waals surface area contributed by atoms with Crippen molar-refractivity contribution in [2.75, 3.05) is 13.1 Å². The van der Waals surface area contributed by atoms with E-state index in [4.69, 9.17) is 5.11 Å². The molecular formula is C14H24N2O4. The van der Waals surface area contributed by atoms with Crippen molar-refractivity contribution >= 4 is 17.8 Å². The van der Waals surface area contributed by atoms with Crippen molar-refractivity contribution < 1.29 is 19.5 Å². The van der Waals surface area contributed by atoms with Crippen molar-refractivity contribution in [1.82, 2.24) is 10.2 Å². The average Bonchev–Trinajstić information content (AvgIpc) is 3.23. The number of carboxylic acid groups (broad SMARTS) is 1. The van der Waals surface area contributed by atoms with Gasteiger partial charge in [0.05, 0.1) is 0 Å². The van der Waals surface area contributed by atoms with Crippen LogP contribution < -0.4 is 5.32 Å². The number of aliphatic carboxylic acids is 1. The molecule has 1 fully saturated rings. The van der Waals surface area contributed by atoms with Crippen molar-refractivity contribution in [3.05, 3.63) is 0 Å². The van der Waals surface area contributed by atoms with E-state index in [-0.39, 0.29) is 36.7 Å². The predicted octanol–water partition coefficient (Wildman–Crippen LogP) is 1.00. The third-order valence-electron chi connectivity index (χ3n) is 3.56. The first-order valence-electron chi connectivity index (χ1n) is 7.24. The zero-order valence-corrected chi connectivity index (χ0v) is 12.2. The Morgan fingerprint density at radius 2 is 2.00 bits per heavy atom. The van der Waals surface area contributed by atoms with Gasteiger partial charge in [-0.25, -0.2) is 0 Å². The molecule has 2 N–H and O–H groups in total. The van der Waals surface area contributed by atoms with E-state index in [0.29, 0.717) is 13.0 Å². The number of nitrogens with one attached hydrogen (secondary N) is 1. The van der Waals surface area contributed by atoms with Crippen LogP contribution in [0.3, 0.4) is 0 Å². The zero-order chi connectivity index (χ0) is 15.1. The Hall–Kier alpha value is -1.59. The maximum atomic E-state index is 12.0. The minimum Gasteiger partial charge on any atom is -0.480 e. The van der Waals surface area contributed by atoms with E-state index in [9.17, 15) is 14.4 Å². The number of rotatable bonds is 9. The summed E-state index contributed by atoms with van der Waals surface area (Å²) in [5.41, 5.74) is 0. The van der Waals surface area contributed by atoms with Gasteiger partial charge in [-0.2, -0.15) is 0 Å². The molecule has 0 aromatic rings. The fourth-order valence-electron chi connectivity index (χ4n) is 1.94. The summed E-state index contributed by atoms with van der Waals surface area (Å²) in [6.07, 6.45) is 3.46. The Balaban J connectivity index is 2.29. The summed E-state index contributed by atoms with van der Waals surface area (Å²) in [5, 5.41) is 11.6. The van der Waals surface area contributed by atoms with E-state index in [2.05, 4.69) is 5.32 Å². The summed E-state index contributed by atoms with van der Waals surface area (Å²) in [6.45, 7) is 3.98. The molecule has 0 aromatic carbocycles. The van der Waals surface area contributed by atoms with Crippen LogP contribution in [0.2, 0.25) is 0 Å². The molecule has 0 saturated heterocycles. The molecule has 6 heteroatoms. The molecule has 0 bridgehead atoms. The van der Waals surface area contributed by atoms with Crippen molar-refractivity contribution in [2.24, 2.45) is 5.92 Å². The fourth-order valence-corrected chi connectivity index (χ4v) is 1.94. The number of hydrogen-bond donors (Lipinski definition) is 2. The van der Waals surface area contributed by atoms with E-state index in [1.807, 2.05) is 13.8 Å². The SMILES string of the molecule is CCC(C)N(CC(=O)O)C(=O)CCCNC(=O)C1CC1. The maximum absolute atomic E-state index is 12.0. The Morgan fingerprint density at radius 1 is 1.35 bits per heavy atom. The molecule has 0 aliphatic heterocycles. The molecule has 114 valence electrons. The van der Waals surface area contributed by atoms with Crippen LogP contribution in [0.5, 0.6) is 0 Å². The van der Waals surface area contributed by atoms with Gasteiger partial charge >= 0.3 is 5.97 Å². The quantitative estimate of drug-likeness (QED) is 0.618. The third-order valence-corrected chi connectivity index (χ3v) is 3.56. The van der Waals surface area contributed by atoms with E-state index in [1.54, 1.807) is 0 Å². The summed E-state index contributed by atoms with van der Waals surface area (Å²) < 4.78 is 0. The first kappa shape index (κ1) is 16.5. The summed E-state index contributed by atoms with van der Waals surface area (Å²) in [6, 6.07) is -0.0837. The Labute approximate surface area is 119 Å². The third kappa shape index (κ3) is 5.59. The second kappa shape index (κ2) is 7.87. The molecule has 0 radical (unpaired) electrons. The fraction of sp³-hybridized carbons (Fsp3) is 0.786. The van der Waals surface area contributed by atoms with Crippen LogP contribution >= 0.6 is 0 Å². The van der Waals surface area contributed by atoms with Gasteiger partial charge in [0.2, 0.25) is 11.8 Å². The highest BCUT2D eigenvalue weighted by molar-refractivity contribution is 5.82. The van der Waals surface area contributed by atoms with E-state index < -0.39 is 5.97 Å². The lowest BCUT2D eigenvalue weighted by Gasteiger charge is -2.27. The van der Waals surface area contributed by atoms with Crippen molar-refractivity contribution in [3.8, 4) is 0 Å². The van der Waals surface area contributed by atoms with Gasteiger partial charge in [0.1, 0.15) is 6.54 Å². The Morgan fingerprint density at radius 3 is 2.50 bits per heavy atom. The lowest BCUT2D eigenvalue weighted by molar-refractivity contribution is -0.146. The number of carboxylic acids is 1. The second-order valence-corrected chi connectivity index (χ2v) is 5.34. The highest BCUT2D eigenvalue weighted by atomic mass is 16.4. The molecule has 2 amide bonds. The Kier molecular flexibility index (Phi) is 6.48. The molecule has 0 aromatic heterocycles. The summed E-state index contributed by atoms with van der Waals surface area (Å²) >= 11 is 0. The predicted molar refractivity (Wildman–Crippen MR) is 74.1 cm³/mol. The lowest BCUT2D eigenvalue weighted by atomic mass is 10.2. The summed E-state index contributed by atoms with van der Waals surface area (Å²) in [7, 11) is 0. The molecule has 0 spiro atoms. The molecule has 1 unspecified atom stereocenters. The second-order valence-electron chi connectivity index (χ2n) is 5.34. The van der Waals surface area contributed by atoms with Crippen molar-refractivity contribution in [2.45, 2.75) is 52.0 Å².